The van der Waals surface area contributed by atoms with Crippen molar-refractivity contribution >= 4 is 17.7 Å². The van der Waals surface area contributed by atoms with Crippen LogP contribution in [-0.2, 0) is 21.4 Å². The van der Waals surface area contributed by atoms with Gasteiger partial charge in [0, 0.05) is 24.1 Å². The van der Waals surface area contributed by atoms with Crippen molar-refractivity contribution in [3.05, 3.63) is 17.4 Å². The molecule has 1 aliphatic carbocycles. The molecule has 10 heteroatoms. The molecule has 2 saturated heterocycles. The first kappa shape index (κ1) is 25.6. The summed E-state index contributed by atoms with van der Waals surface area (Å²) >= 11 is 0. The van der Waals surface area contributed by atoms with Crippen LogP contribution in [0, 0.1) is 0 Å². The maximum atomic E-state index is 13.0. The highest BCUT2D eigenvalue weighted by atomic mass is 16.6. The standard InChI is InChI=1S/C27H37N5O5/c1-5-9-18-23(30-37-24(18)27(3)12-7-6-11-20(27)33)25-28-21(32-14-15-35-26(32)34)16-22(29-25)36-17(2)19-10-8-13-31(19)4/h16-17,19H,5-15H2,1-4H3/t17-,19-,27-/m0/s1. The smallest absolute Gasteiger partial charge is 0.415 e. The Morgan fingerprint density at radius 3 is 2.73 bits per heavy atom. The third kappa shape index (κ3) is 4.83. The summed E-state index contributed by atoms with van der Waals surface area (Å²) in [7, 11) is 2.11. The van der Waals surface area contributed by atoms with Crippen molar-refractivity contribution in [1.29, 1.82) is 0 Å². The lowest BCUT2D eigenvalue weighted by Gasteiger charge is -2.30. The molecule has 1 saturated carbocycles. The lowest BCUT2D eigenvalue weighted by Crippen LogP contribution is -2.38. The van der Waals surface area contributed by atoms with Crippen LogP contribution >= 0.6 is 0 Å². The van der Waals surface area contributed by atoms with Gasteiger partial charge in [-0.05, 0) is 59.5 Å². The largest absolute Gasteiger partial charge is 0.473 e. The number of nitrogens with zero attached hydrogens (tertiary/aromatic N) is 5. The average Bonchev–Trinajstić information content (AvgIpc) is 3.61. The normalized spacial score (nSPS) is 25.5. The predicted molar refractivity (Wildman–Crippen MR) is 137 cm³/mol. The van der Waals surface area contributed by atoms with E-state index in [9.17, 15) is 9.59 Å². The number of rotatable bonds is 8. The molecule has 200 valence electrons. The van der Waals surface area contributed by atoms with E-state index in [2.05, 4.69) is 24.0 Å². The molecule has 2 aromatic heterocycles. The molecule has 10 nitrogen and oxygen atoms in total. The quantitative estimate of drug-likeness (QED) is 0.512. The minimum absolute atomic E-state index is 0.101. The molecule has 2 aromatic rings. The van der Waals surface area contributed by atoms with Gasteiger partial charge in [-0.2, -0.15) is 4.98 Å². The number of ether oxygens (including phenoxy) is 2. The fraction of sp³-hybridized carbons (Fsp3) is 0.667. The Balaban J connectivity index is 1.56. The SMILES string of the molecule is CCCc1c(-c2nc(O[C@@H](C)[C@@H]3CCCN3C)cc(N3CCOC3=O)n2)noc1[C@@]1(C)CCCCC1=O. The second-order valence-electron chi connectivity index (χ2n) is 10.7. The van der Waals surface area contributed by atoms with Crippen LogP contribution < -0.4 is 9.64 Å². The van der Waals surface area contributed by atoms with E-state index in [0.717, 1.165) is 50.6 Å². The van der Waals surface area contributed by atoms with Gasteiger partial charge < -0.3 is 14.0 Å². The number of amides is 1. The number of likely N-dealkylation sites (N-methyl/N-ethyl adjacent to an activating group) is 1. The average molecular weight is 512 g/mol. The molecule has 4 heterocycles. The van der Waals surface area contributed by atoms with E-state index < -0.39 is 11.5 Å². The molecule has 0 bridgehead atoms. The van der Waals surface area contributed by atoms with E-state index in [4.69, 9.17) is 24.0 Å². The van der Waals surface area contributed by atoms with E-state index in [1.807, 2.05) is 13.8 Å². The molecular formula is C27H37N5O5. The third-order valence-corrected chi connectivity index (χ3v) is 8.10. The lowest BCUT2D eigenvalue weighted by atomic mass is 9.71. The summed E-state index contributed by atoms with van der Waals surface area (Å²) < 4.78 is 17.4. The number of ketones is 1. The van der Waals surface area contributed by atoms with Crippen molar-refractivity contribution in [2.75, 3.05) is 31.6 Å². The summed E-state index contributed by atoms with van der Waals surface area (Å²) in [4.78, 5) is 38.6. The molecular weight excluding hydrogens is 474 g/mol. The van der Waals surface area contributed by atoms with Crippen LogP contribution in [0.2, 0.25) is 0 Å². The minimum Gasteiger partial charge on any atom is -0.473 e. The fourth-order valence-electron chi connectivity index (χ4n) is 5.94. The van der Waals surface area contributed by atoms with E-state index >= 15 is 0 Å². The van der Waals surface area contributed by atoms with Crippen LogP contribution in [0.1, 0.15) is 77.0 Å². The van der Waals surface area contributed by atoms with Crippen molar-refractivity contribution in [2.24, 2.45) is 0 Å². The molecule has 5 rings (SSSR count). The monoisotopic (exact) mass is 511 g/mol. The molecule has 1 amide bonds. The number of carbonyl (C=O) groups is 2. The Bertz CT molecular complexity index is 1170. The van der Waals surface area contributed by atoms with Gasteiger partial charge in [-0.1, -0.05) is 24.9 Å². The molecule has 3 aliphatic rings. The van der Waals surface area contributed by atoms with Gasteiger partial charge in [0.15, 0.2) is 17.3 Å². The van der Waals surface area contributed by atoms with Crippen molar-refractivity contribution in [3.63, 3.8) is 0 Å². The number of aromatic nitrogens is 3. The molecule has 0 unspecified atom stereocenters. The zero-order valence-corrected chi connectivity index (χ0v) is 22.3. The first-order chi connectivity index (χ1) is 17.8. The molecule has 0 spiro atoms. The number of Topliss-reactive ketones (excluding diaryl/α,β-unsaturated/α-hetero) is 1. The van der Waals surface area contributed by atoms with Crippen molar-refractivity contribution < 1.29 is 23.6 Å². The molecule has 0 radical (unpaired) electrons. The lowest BCUT2D eigenvalue weighted by molar-refractivity contribution is -0.126. The van der Waals surface area contributed by atoms with Crippen molar-refractivity contribution in [2.45, 2.75) is 89.7 Å². The van der Waals surface area contributed by atoms with Gasteiger partial charge in [0.25, 0.3) is 0 Å². The van der Waals surface area contributed by atoms with Gasteiger partial charge in [0.05, 0.1) is 12.0 Å². The first-order valence-electron chi connectivity index (χ1n) is 13.5. The summed E-state index contributed by atoms with van der Waals surface area (Å²) in [6.07, 6.45) is 6.32. The molecule has 37 heavy (non-hydrogen) atoms. The third-order valence-electron chi connectivity index (χ3n) is 8.10. The summed E-state index contributed by atoms with van der Waals surface area (Å²) in [5, 5.41) is 4.41. The Hall–Kier alpha value is -3.01. The van der Waals surface area contributed by atoms with Crippen LogP contribution in [-0.4, -0.2) is 70.8 Å². The number of cyclic esters (lactones) is 1. The zero-order valence-electron chi connectivity index (χ0n) is 22.3. The summed E-state index contributed by atoms with van der Waals surface area (Å²) in [5.41, 5.74) is 0.655. The molecule has 3 atom stereocenters. The summed E-state index contributed by atoms with van der Waals surface area (Å²) in [6.45, 7) is 7.82. The van der Waals surface area contributed by atoms with Crippen LogP contribution in [0.25, 0.3) is 11.5 Å². The highest BCUT2D eigenvalue weighted by Gasteiger charge is 2.43. The molecule has 3 fully saturated rings. The van der Waals surface area contributed by atoms with Crippen LogP contribution in [0.15, 0.2) is 10.6 Å². The number of anilines is 1. The van der Waals surface area contributed by atoms with Crippen LogP contribution in [0.5, 0.6) is 5.88 Å². The van der Waals surface area contributed by atoms with Crippen molar-refractivity contribution in [1.82, 2.24) is 20.0 Å². The Morgan fingerprint density at radius 2 is 2.05 bits per heavy atom. The molecule has 2 aliphatic heterocycles. The second kappa shape index (κ2) is 10.4. The van der Waals surface area contributed by atoms with Gasteiger partial charge >= 0.3 is 6.09 Å². The Kier molecular flexibility index (Phi) is 7.20. The maximum absolute atomic E-state index is 13.0. The number of hydrogen-bond acceptors (Lipinski definition) is 9. The Morgan fingerprint density at radius 1 is 1.22 bits per heavy atom. The van der Waals surface area contributed by atoms with Crippen LogP contribution in [0.3, 0.4) is 0 Å². The number of likely N-dealkylation sites (tertiary alicyclic amines) is 1. The number of hydrogen-bond donors (Lipinski definition) is 0. The van der Waals surface area contributed by atoms with E-state index in [-0.39, 0.29) is 17.9 Å². The van der Waals surface area contributed by atoms with Gasteiger partial charge in [-0.25, -0.2) is 9.78 Å². The van der Waals surface area contributed by atoms with Gasteiger partial charge in [0.2, 0.25) is 5.88 Å². The zero-order chi connectivity index (χ0) is 26.2. The van der Waals surface area contributed by atoms with E-state index in [1.165, 1.54) is 4.90 Å². The summed E-state index contributed by atoms with van der Waals surface area (Å²) in [6, 6.07) is 1.97. The highest BCUT2D eigenvalue weighted by Crippen LogP contribution is 2.41. The Labute approximate surface area is 217 Å². The molecule has 0 aromatic carbocycles. The topological polar surface area (TPSA) is 111 Å². The van der Waals surface area contributed by atoms with E-state index in [0.29, 0.717) is 55.0 Å². The first-order valence-corrected chi connectivity index (χ1v) is 13.5. The second-order valence-corrected chi connectivity index (χ2v) is 10.7. The van der Waals surface area contributed by atoms with Gasteiger partial charge in [-0.15, -0.1) is 0 Å². The maximum Gasteiger partial charge on any atom is 0.415 e. The minimum atomic E-state index is -0.703. The highest BCUT2D eigenvalue weighted by molar-refractivity contribution is 5.90. The van der Waals surface area contributed by atoms with Crippen molar-refractivity contribution in [3.8, 4) is 17.4 Å². The fourth-order valence-corrected chi connectivity index (χ4v) is 5.94. The molecule has 0 N–H and O–H groups in total. The van der Waals surface area contributed by atoms with Crippen LogP contribution in [0.4, 0.5) is 10.6 Å². The van der Waals surface area contributed by atoms with Gasteiger partial charge in [0.1, 0.15) is 24.3 Å². The summed E-state index contributed by atoms with van der Waals surface area (Å²) in [5.74, 6) is 1.91. The number of carbonyl (C=O) groups excluding carboxylic acids is 2. The van der Waals surface area contributed by atoms with E-state index in [1.54, 1.807) is 6.07 Å². The predicted octanol–water partition coefficient (Wildman–Crippen LogP) is 4.30. The van der Waals surface area contributed by atoms with Gasteiger partial charge in [-0.3, -0.25) is 14.6 Å².